The fraction of sp³-hybridized carbons (Fsp3) is 0.381. The van der Waals surface area contributed by atoms with E-state index >= 15 is 0 Å². The number of amides is 1. The topological polar surface area (TPSA) is 55.2 Å². The quantitative estimate of drug-likeness (QED) is 0.699. The van der Waals surface area contributed by atoms with Crippen LogP contribution in [0.3, 0.4) is 0 Å². The Kier molecular flexibility index (Phi) is 4.60. The van der Waals surface area contributed by atoms with Crippen molar-refractivity contribution < 1.29 is 4.79 Å². The molecule has 6 heteroatoms. The smallest absolute Gasteiger partial charge is 0.262 e. The number of rotatable bonds is 3. The van der Waals surface area contributed by atoms with Gasteiger partial charge in [-0.2, -0.15) is 0 Å². The van der Waals surface area contributed by atoms with E-state index in [9.17, 15) is 9.59 Å². The van der Waals surface area contributed by atoms with E-state index in [0.717, 1.165) is 35.0 Å². The highest BCUT2D eigenvalue weighted by Crippen LogP contribution is 2.35. The molecule has 2 heterocycles. The molecule has 0 aliphatic heterocycles. The molecule has 140 valence electrons. The summed E-state index contributed by atoms with van der Waals surface area (Å²) < 4.78 is 1.68. The molecule has 0 bridgehead atoms. The normalized spacial score (nSPS) is 16.3. The van der Waals surface area contributed by atoms with E-state index in [1.54, 1.807) is 41.2 Å². The molecular weight excluding hydrogens is 358 g/mol. The van der Waals surface area contributed by atoms with E-state index in [4.69, 9.17) is 0 Å². The van der Waals surface area contributed by atoms with Crippen molar-refractivity contribution in [3.63, 3.8) is 0 Å². The number of fused-ring (bicyclic) bond motifs is 3. The summed E-state index contributed by atoms with van der Waals surface area (Å²) in [5.41, 5.74) is 2.88. The number of nitrogens with zero attached hydrogens (tertiary/aromatic N) is 3. The van der Waals surface area contributed by atoms with Crippen LogP contribution in [-0.4, -0.2) is 34.5 Å². The minimum Gasteiger partial charge on any atom is -0.345 e. The third-order valence-electron chi connectivity index (χ3n) is 5.24. The van der Waals surface area contributed by atoms with Crippen molar-refractivity contribution in [3.05, 3.63) is 62.5 Å². The Morgan fingerprint density at radius 3 is 2.74 bits per heavy atom. The number of aromatic nitrogens is 2. The van der Waals surface area contributed by atoms with Gasteiger partial charge in [0.2, 0.25) is 0 Å². The number of hydrogen-bond donors (Lipinski definition) is 0. The van der Waals surface area contributed by atoms with Gasteiger partial charge in [-0.05, 0) is 48.4 Å². The summed E-state index contributed by atoms with van der Waals surface area (Å²) in [7, 11) is 3.47. The zero-order valence-corrected chi connectivity index (χ0v) is 16.7. The van der Waals surface area contributed by atoms with Crippen molar-refractivity contribution in [1.82, 2.24) is 14.5 Å². The van der Waals surface area contributed by atoms with Gasteiger partial charge in [0.1, 0.15) is 4.83 Å². The number of hydrogen-bond acceptors (Lipinski definition) is 4. The van der Waals surface area contributed by atoms with Crippen molar-refractivity contribution in [1.29, 1.82) is 0 Å². The monoisotopic (exact) mass is 381 g/mol. The molecule has 3 aromatic rings. The molecule has 1 aromatic carbocycles. The summed E-state index contributed by atoms with van der Waals surface area (Å²) in [5, 5.41) is 0.809. The lowest BCUT2D eigenvalue weighted by Gasteiger charge is -2.17. The average Bonchev–Trinajstić information content (AvgIpc) is 3.02. The summed E-state index contributed by atoms with van der Waals surface area (Å²) in [4.78, 5) is 33.4. The molecule has 0 spiro atoms. The molecule has 1 amide bonds. The first-order valence-corrected chi connectivity index (χ1v) is 10.1. The highest BCUT2D eigenvalue weighted by molar-refractivity contribution is 7.18. The van der Waals surface area contributed by atoms with Crippen LogP contribution in [0.4, 0.5) is 0 Å². The molecular formula is C21H23N3O2S. The van der Waals surface area contributed by atoms with Gasteiger partial charge in [-0.15, -0.1) is 11.3 Å². The Morgan fingerprint density at radius 2 is 2.04 bits per heavy atom. The number of carbonyl (C=O) groups excluding carboxylic acids is 1. The SMILES string of the molecule is CC1CCc2c(sc3ncn(Cc4ccc(C(=O)N(C)C)cc4)c(=O)c23)C1. The third-order valence-corrected chi connectivity index (χ3v) is 6.40. The minimum atomic E-state index is -0.0269. The molecule has 1 aliphatic rings. The van der Waals surface area contributed by atoms with Gasteiger partial charge < -0.3 is 4.90 Å². The Morgan fingerprint density at radius 1 is 1.30 bits per heavy atom. The summed E-state index contributed by atoms with van der Waals surface area (Å²) in [6, 6.07) is 7.42. The van der Waals surface area contributed by atoms with Crippen LogP contribution in [0.25, 0.3) is 10.2 Å². The maximum absolute atomic E-state index is 13.1. The standard InChI is InChI=1S/C21H23N3O2S/c1-13-4-9-16-17(10-13)27-19-18(16)21(26)24(12-22-19)11-14-5-7-15(8-6-14)20(25)23(2)3/h5-8,12-13H,4,9-11H2,1-3H3. The van der Waals surface area contributed by atoms with E-state index in [1.807, 2.05) is 24.3 Å². The number of benzene rings is 1. The number of carbonyl (C=O) groups is 1. The number of aryl methyl sites for hydroxylation is 1. The molecule has 0 fully saturated rings. The van der Waals surface area contributed by atoms with Gasteiger partial charge in [-0.3, -0.25) is 14.2 Å². The first-order chi connectivity index (χ1) is 12.9. The van der Waals surface area contributed by atoms with Crippen LogP contribution in [0, 0.1) is 5.92 Å². The van der Waals surface area contributed by atoms with Crippen LogP contribution in [-0.2, 0) is 19.4 Å². The lowest BCUT2D eigenvalue weighted by Crippen LogP contribution is -2.23. The van der Waals surface area contributed by atoms with Crippen molar-refractivity contribution in [2.45, 2.75) is 32.7 Å². The van der Waals surface area contributed by atoms with E-state index in [-0.39, 0.29) is 11.5 Å². The zero-order valence-electron chi connectivity index (χ0n) is 15.9. The van der Waals surface area contributed by atoms with Crippen LogP contribution in [0.2, 0.25) is 0 Å². The maximum atomic E-state index is 13.1. The summed E-state index contributed by atoms with van der Waals surface area (Å²) in [6.07, 6.45) is 4.80. The molecule has 5 nitrogen and oxygen atoms in total. The lowest BCUT2D eigenvalue weighted by atomic mass is 9.89. The van der Waals surface area contributed by atoms with E-state index < -0.39 is 0 Å². The number of thiophene rings is 1. The predicted molar refractivity (Wildman–Crippen MR) is 109 cm³/mol. The lowest BCUT2D eigenvalue weighted by molar-refractivity contribution is 0.0827. The Labute approximate surface area is 162 Å². The van der Waals surface area contributed by atoms with E-state index in [2.05, 4.69) is 11.9 Å². The molecule has 1 aliphatic carbocycles. The Bertz CT molecular complexity index is 1060. The Balaban J connectivity index is 1.66. The van der Waals surface area contributed by atoms with Gasteiger partial charge in [0.25, 0.3) is 11.5 Å². The van der Waals surface area contributed by atoms with Crippen molar-refractivity contribution in [2.75, 3.05) is 14.1 Å². The first kappa shape index (κ1) is 17.9. The molecule has 1 atom stereocenters. The third kappa shape index (κ3) is 3.30. The molecule has 4 rings (SSSR count). The highest BCUT2D eigenvalue weighted by atomic mass is 32.1. The average molecular weight is 382 g/mol. The second kappa shape index (κ2) is 6.93. The van der Waals surface area contributed by atoms with Gasteiger partial charge in [0.15, 0.2) is 0 Å². The van der Waals surface area contributed by atoms with Crippen molar-refractivity contribution >= 4 is 27.5 Å². The summed E-state index contributed by atoms with van der Waals surface area (Å²) in [6.45, 7) is 2.73. The van der Waals surface area contributed by atoms with E-state index in [0.29, 0.717) is 18.0 Å². The molecule has 0 N–H and O–H groups in total. The molecule has 1 unspecified atom stereocenters. The molecule has 0 radical (unpaired) electrons. The van der Waals surface area contributed by atoms with Crippen LogP contribution >= 0.6 is 11.3 Å². The van der Waals surface area contributed by atoms with Crippen LogP contribution in [0.5, 0.6) is 0 Å². The summed E-state index contributed by atoms with van der Waals surface area (Å²) >= 11 is 1.67. The predicted octanol–water partition coefficient (Wildman–Crippen LogP) is 3.33. The maximum Gasteiger partial charge on any atom is 0.262 e. The zero-order chi connectivity index (χ0) is 19.1. The second-order valence-corrected chi connectivity index (χ2v) is 8.69. The van der Waals surface area contributed by atoms with Gasteiger partial charge in [0.05, 0.1) is 18.3 Å². The second-order valence-electron chi connectivity index (χ2n) is 7.61. The molecule has 0 saturated carbocycles. The van der Waals surface area contributed by atoms with Crippen molar-refractivity contribution in [3.8, 4) is 0 Å². The van der Waals surface area contributed by atoms with Gasteiger partial charge in [0, 0.05) is 24.5 Å². The largest absolute Gasteiger partial charge is 0.345 e. The molecule has 27 heavy (non-hydrogen) atoms. The highest BCUT2D eigenvalue weighted by Gasteiger charge is 2.23. The Hall–Kier alpha value is -2.47. The molecule has 2 aromatic heterocycles. The van der Waals surface area contributed by atoms with Crippen LogP contribution < -0.4 is 5.56 Å². The van der Waals surface area contributed by atoms with Crippen LogP contribution in [0.15, 0.2) is 35.4 Å². The molecule has 0 saturated heterocycles. The summed E-state index contributed by atoms with van der Waals surface area (Å²) in [5.74, 6) is 0.650. The van der Waals surface area contributed by atoms with Gasteiger partial charge >= 0.3 is 0 Å². The first-order valence-electron chi connectivity index (χ1n) is 9.24. The fourth-order valence-corrected chi connectivity index (χ4v) is 5.03. The van der Waals surface area contributed by atoms with Crippen molar-refractivity contribution in [2.24, 2.45) is 5.92 Å². The van der Waals surface area contributed by atoms with Gasteiger partial charge in [-0.25, -0.2) is 4.98 Å². The fourth-order valence-electron chi connectivity index (χ4n) is 3.69. The van der Waals surface area contributed by atoms with Crippen LogP contribution in [0.1, 0.15) is 39.7 Å². The minimum absolute atomic E-state index is 0.0269. The van der Waals surface area contributed by atoms with Gasteiger partial charge in [-0.1, -0.05) is 19.1 Å². The van der Waals surface area contributed by atoms with E-state index in [1.165, 1.54) is 10.4 Å².